The number of hydrogen-bond acceptors (Lipinski definition) is 3. The van der Waals surface area contributed by atoms with Gasteiger partial charge in [0.2, 0.25) is 0 Å². The van der Waals surface area contributed by atoms with E-state index in [1.807, 2.05) is 11.7 Å². The summed E-state index contributed by atoms with van der Waals surface area (Å²) in [4.78, 5) is 2.46. The lowest BCUT2D eigenvalue weighted by molar-refractivity contribution is 0.182. The Labute approximate surface area is 96.6 Å². The SMILES string of the molecule is CN1CCCCC1c1nn(C)c2c1CCN2. The second kappa shape index (κ2) is 3.77. The molecule has 4 heteroatoms. The molecule has 1 aromatic rings. The van der Waals surface area contributed by atoms with E-state index in [-0.39, 0.29) is 0 Å². The second-order valence-electron chi connectivity index (χ2n) is 5.00. The number of aryl methyl sites for hydroxylation is 1. The summed E-state index contributed by atoms with van der Waals surface area (Å²) in [6.07, 6.45) is 5.08. The molecule has 3 heterocycles. The molecule has 0 spiro atoms. The highest BCUT2D eigenvalue weighted by atomic mass is 15.3. The van der Waals surface area contributed by atoms with Crippen molar-refractivity contribution in [1.82, 2.24) is 14.7 Å². The van der Waals surface area contributed by atoms with Crippen molar-refractivity contribution in [2.75, 3.05) is 25.5 Å². The van der Waals surface area contributed by atoms with Gasteiger partial charge in [-0.1, -0.05) is 6.42 Å². The van der Waals surface area contributed by atoms with E-state index in [4.69, 9.17) is 5.10 Å². The molecule has 1 fully saturated rings. The monoisotopic (exact) mass is 220 g/mol. The zero-order valence-electron chi connectivity index (χ0n) is 10.2. The van der Waals surface area contributed by atoms with Crippen LogP contribution in [0, 0.1) is 0 Å². The Kier molecular flexibility index (Phi) is 2.39. The molecular weight excluding hydrogens is 200 g/mol. The first-order valence-electron chi connectivity index (χ1n) is 6.27. The lowest BCUT2D eigenvalue weighted by atomic mass is 9.97. The molecule has 0 aromatic carbocycles. The molecule has 2 aliphatic heterocycles. The number of rotatable bonds is 1. The average molecular weight is 220 g/mol. The summed E-state index contributed by atoms with van der Waals surface area (Å²) in [6, 6.07) is 0.545. The van der Waals surface area contributed by atoms with Crippen molar-refractivity contribution in [1.29, 1.82) is 0 Å². The molecule has 1 unspecified atom stereocenters. The van der Waals surface area contributed by atoms with Gasteiger partial charge in [-0.05, 0) is 32.9 Å². The van der Waals surface area contributed by atoms with E-state index in [2.05, 4.69) is 17.3 Å². The van der Waals surface area contributed by atoms with Crippen LogP contribution >= 0.6 is 0 Å². The summed E-state index contributed by atoms with van der Waals surface area (Å²) in [6.45, 7) is 2.29. The number of aromatic nitrogens is 2. The number of anilines is 1. The van der Waals surface area contributed by atoms with Gasteiger partial charge >= 0.3 is 0 Å². The maximum Gasteiger partial charge on any atom is 0.127 e. The van der Waals surface area contributed by atoms with Crippen molar-refractivity contribution in [3.05, 3.63) is 11.3 Å². The Morgan fingerprint density at radius 2 is 2.19 bits per heavy atom. The van der Waals surface area contributed by atoms with Crippen molar-refractivity contribution in [2.24, 2.45) is 7.05 Å². The van der Waals surface area contributed by atoms with Gasteiger partial charge in [-0.15, -0.1) is 0 Å². The van der Waals surface area contributed by atoms with Gasteiger partial charge < -0.3 is 5.32 Å². The lowest BCUT2D eigenvalue weighted by Crippen LogP contribution is -2.30. The fourth-order valence-electron chi connectivity index (χ4n) is 3.05. The van der Waals surface area contributed by atoms with Crippen molar-refractivity contribution in [2.45, 2.75) is 31.7 Å². The fraction of sp³-hybridized carbons (Fsp3) is 0.750. The van der Waals surface area contributed by atoms with Crippen LogP contribution in [-0.4, -0.2) is 34.8 Å². The van der Waals surface area contributed by atoms with Gasteiger partial charge in [0.1, 0.15) is 5.82 Å². The first-order valence-corrected chi connectivity index (χ1v) is 6.27. The third-order valence-corrected chi connectivity index (χ3v) is 3.93. The fourth-order valence-corrected chi connectivity index (χ4v) is 3.05. The van der Waals surface area contributed by atoms with Crippen LogP contribution in [0.25, 0.3) is 0 Å². The van der Waals surface area contributed by atoms with Crippen molar-refractivity contribution < 1.29 is 0 Å². The Balaban J connectivity index is 1.96. The van der Waals surface area contributed by atoms with Crippen LogP contribution in [0.15, 0.2) is 0 Å². The topological polar surface area (TPSA) is 33.1 Å². The first kappa shape index (κ1) is 10.1. The highest BCUT2D eigenvalue weighted by molar-refractivity contribution is 5.53. The number of nitrogens with zero attached hydrogens (tertiary/aromatic N) is 3. The molecular formula is C12H20N4. The zero-order chi connectivity index (χ0) is 11.1. The van der Waals surface area contributed by atoms with E-state index in [1.54, 1.807) is 0 Å². The van der Waals surface area contributed by atoms with E-state index in [0.717, 1.165) is 13.0 Å². The smallest absolute Gasteiger partial charge is 0.127 e. The standard InChI is InChI=1S/C12H20N4/c1-15-8-4-3-5-10(15)11-9-6-7-13-12(9)16(2)14-11/h10,13H,3-8H2,1-2H3. The van der Waals surface area contributed by atoms with Gasteiger partial charge in [0.25, 0.3) is 0 Å². The molecule has 1 N–H and O–H groups in total. The van der Waals surface area contributed by atoms with E-state index >= 15 is 0 Å². The first-order chi connectivity index (χ1) is 7.77. The summed E-state index contributed by atoms with van der Waals surface area (Å²) in [7, 11) is 4.27. The molecule has 0 bridgehead atoms. The Morgan fingerprint density at radius 3 is 3.00 bits per heavy atom. The number of piperidine rings is 1. The Morgan fingerprint density at radius 1 is 1.31 bits per heavy atom. The minimum atomic E-state index is 0.545. The van der Waals surface area contributed by atoms with Crippen molar-refractivity contribution in [3.63, 3.8) is 0 Å². The summed E-state index contributed by atoms with van der Waals surface area (Å²) in [5.74, 6) is 1.24. The molecule has 16 heavy (non-hydrogen) atoms. The largest absolute Gasteiger partial charge is 0.370 e. The molecule has 1 atom stereocenters. The molecule has 3 rings (SSSR count). The van der Waals surface area contributed by atoms with Gasteiger partial charge in [-0.2, -0.15) is 5.10 Å². The number of likely N-dealkylation sites (tertiary alicyclic amines) is 1. The number of hydrogen-bond donors (Lipinski definition) is 1. The molecule has 1 saturated heterocycles. The molecule has 2 aliphatic rings. The molecule has 0 saturated carbocycles. The van der Waals surface area contributed by atoms with Gasteiger partial charge in [0.05, 0.1) is 11.7 Å². The van der Waals surface area contributed by atoms with Crippen molar-refractivity contribution >= 4 is 5.82 Å². The van der Waals surface area contributed by atoms with Gasteiger partial charge in [0, 0.05) is 19.2 Å². The third kappa shape index (κ3) is 1.44. The van der Waals surface area contributed by atoms with E-state index in [1.165, 1.54) is 42.9 Å². The van der Waals surface area contributed by atoms with Crippen LogP contribution in [-0.2, 0) is 13.5 Å². The van der Waals surface area contributed by atoms with Crippen LogP contribution in [0.3, 0.4) is 0 Å². The zero-order valence-corrected chi connectivity index (χ0v) is 10.2. The van der Waals surface area contributed by atoms with E-state index < -0.39 is 0 Å². The van der Waals surface area contributed by atoms with Crippen LogP contribution in [0.5, 0.6) is 0 Å². The van der Waals surface area contributed by atoms with Crippen molar-refractivity contribution in [3.8, 4) is 0 Å². The molecule has 4 nitrogen and oxygen atoms in total. The molecule has 88 valence electrons. The van der Waals surface area contributed by atoms with Gasteiger partial charge in [-0.3, -0.25) is 9.58 Å². The number of fused-ring (bicyclic) bond motifs is 1. The van der Waals surface area contributed by atoms with Crippen LogP contribution in [0.1, 0.15) is 36.6 Å². The van der Waals surface area contributed by atoms with E-state index in [9.17, 15) is 0 Å². The average Bonchev–Trinajstić information content (AvgIpc) is 2.84. The van der Waals surface area contributed by atoms with Gasteiger partial charge in [-0.25, -0.2) is 0 Å². The van der Waals surface area contributed by atoms with Crippen LogP contribution < -0.4 is 5.32 Å². The third-order valence-electron chi connectivity index (χ3n) is 3.93. The quantitative estimate of drug-likeness (QED) is 0.779. The summed E-state index contributed by atoms with van der Waals surface area (Å²) in [5, 5.41) is 8.14. The highest BCUT2D eigenvalue weighted by Gasteiger charge is 2.29. The Hall–Kier alpha value is -1.03. The summed E-state index contributed by atoms with van der Waals surface area (Å²) >= 11 is 0. The maximum atomic E-state index is 4.72. The second-order valence-corrected chi connectivity index (χ2v) is 5.00. The van der Waals surface area contributed by atoms with E-state index in [0.29, 0.717) is 6.04 Å². The number of nitrogens with one attached hydrogen (secondary N) is 1. The van der Waals surface area contributed by atoms with Crippen LogP contribution in [0.2, 0.25) is 0 Å². The Bertz CT molecular complexity index is 396. The predicted molar refractivity (Wildman–Crippen MR) is 64.6 cm³/mol. The molecule has 0 aliphatic carbocycles. The summed E-state index contributed by atoms with van der Waals surface area (Å²) in [5.41, 5.74) is 2.78. The lowest BCUT2D eigenvalue weighted by Gasteiger charge is -2.31. The predicted octanol–water partition coefficient (Wildman–Crippen LogP) is 1.54. The molecule has 0 radical (unpaired) electrons. The minimum absolute atomic E-state index is 0.545. The molecule has 0 amide bonds. The highest BCUT2D eigenvalue weighted by Crippen LogP contribution is 2.35. The molecule has 1 aromatic heterocycles. The summed E-state index contributed by atoms with van der Waals surface area (Å²) < 4.78 is 2.01. The van der Waals surface area contributed by atoms with Gasteiger partial charge in [0.15, 0.2) is 0 Å². The maximum absolute atomic E-state index is 4.72. The van der Waals surface area contributed by atoms with Crippen LogP contribution in [0.4, 0.5) is 5.82 Å². The minimum Gasteiger partial charge on any atom is -0.370 e. The normalized spacial score (nSPS) is 25.5.